The smallest absolute Gasteiger partial charge is 0.0129 e. The highest BCUT2D eigenvalue weighted by Crippen LogP contribution is 2.32. The number of hydrogen-bond donors (Lipinski definition) is 1. The Morgan fingerprint density at radius 3 is 2.73 bits per heavy atom. The van der Waals surface area contributed by atoms with Gasteiger partial charge in [-0.05, 0) is 62.6 Å². The summed E-state index contributed by atoms with van der Waals surface area (Å²) in [5, 5.41) is 0. The summed E-state index contributed by atoms with van der Waals surface area (Å²) in [4.78, 5) is 0. The van der Waals surface area contributed by atoms with Crippen LogP contribution in [0.4, 0.5) is 0 Å². The Morgan fingerprint density at radius 1 is 1.33 bits per heavy atom. The summed E-state index contributed by atoms with van der Waals surface area (Å²) in [5.74, 6) is 0.631. The maximum Gasteiger partial charge on any atom is 0.0129 e. The van der Waals surface area contributed by atoms with Gasteiger partial charge in [0.1, 0.15) is 0 Å². The Balaban J connectivity index is 2.30. The zero-order chi connectivity index (χ0) is 11.1. The molecule has 15 heavy (non-hydrogen) atoms. The fourth-order valence-corrected chi connectivity index (χ4v) is 2.60. The van der Waals surface area contributed by atoms with Crippen LogP contribution in [-0.2, 0) is 12.8 Å². The maximum absolute atomic E-state index is 6.22. The highest BCUT2D eigenvalue weighted by Gasteiger charge is 2.29. The number of rotatable bonds is 1. The average Bonchev–Trinajstić information content (AvgIpc) is 2.16. The van der Waals surface area contributed by atoms with Crippen molar-refractivity contribution >= 4 is 0 Å². The molecule has 1 nitrogen and oxygen atoms in total. The van der Waals surface area contributed by atoms with Crippen LogP contribution in [0, 0.1) is 12.8 Å². The summed E-state index contributed by atoms with van der Waals surface area (Å²) >= 11 is 0. The summed E-state index contributed by atoms with van der Waals surface area (Å²) in [7, 11) is 0. The van der Waals surface area contributed by atoms with Crippen LogP contribution in [0.15, 0.2) is 18.2 Å². The van der Waals surface area contributed by atoms with Crippen molar-refractivity contribution in [3.05, 3.63) is 34.9 Å². The summed E-state index contributed by atoms with van der Waals surface area (Å²) in [6.45, 7) is 6.52. The second-order valence-electron chi connectivity index (χ2n) is 5.47. The van der Waals surface area contributed by atoms with Crippen LogP contribution in [0.2, 0.25) is 0 Å². The van der Waals surface area contributed by atoms with E-state index in [1.807, 2.05) is 0 Å². The molecule has 0 heterocycles. The summed E-state index contributed by atoms with van der Waals surface area (Å²) < 4.78 is 0. The second kappa shape index (κ2) is 3.64. The lowest BCUT2D eigenvalue weighted by Crippen LogP contribution is -2.43. The van der Waals surface area contributed by atoms with Gasteiger partial charge in [0.2, 0.25) is 0 Å². The van der Waals surface area contributed by atoms with Crippen molar-refractivity contribution in [2.75, 3.05) is 0 Å². The molecule has 0 aliphatic heterocycles. The monoisotopic (exact) mass is 203 g/mol. The van der Waals surface area contributed by atoms with Gasteiger partial charge in [0, 0.05) is 5.54 Å². The van der Waals surface area contributed by atoms with Crippen molar-refractivity contribution in [3.8, 4) is 0 Å². The fourth-order valence-electron chi connectivity index (χ4n) is 2.60. The molecule has 0 radical (unpaired) electrons. The molecule has 0 saturated carbocycles. The molecule has 1 heteroatoms. The molecule has 0 amide bonds. The molecular weight excluding hydrogens is 182 g/mol. The Morgan fingerprint density at radius 2 is 2.07 bits per heavy atom. The Kier molecular flexibility index (Phi) is 2.59. The lowest BCUT2D eigenvalue weighted by molar-refractivity contribution is 0.288. The largest absolute Gasteiger partial charge is 0.325 e. The highest BCUT2D eigenvalue weighted by atomic mass is 14.7. The second-order valence-corrected chi connectivity index (χ2v) is 5.47. The number of nitrogens with two attached hydrogens (primary N) is 1. The van der Waals surface area contributed by atoms with E-state index in [0.29, 0.717) is 5.92 Å². The predicted octanol–water partition coefficient (Wildman–Crippen LogP) is 2.84. The minimum absolute atomic E-state index is 0.0417. The summed E-state index contributed by atoms with van der Waals surface area (Å²) in [5.41, 5.74) is 10.7. The van der Waals surface area contributed by atoms with E-state index in [2.05, 4.69) is 39.0 Å². The van der Waals surface area contributed by atoms with Gasteiger partial charge in [-0.2, -0.15) is 0 Å². The third kappa shape index (κ3) is 2.07. The zero-order valence-corrected chi connectivity index (χ0v) is 10.0. The Hall–Kier alpha value is -0.820. The molecule has 0 bridgehead atoms. The summed E-state index contributed by atoms with van der Waals surface area (Å²) in [6, 6.07) is 6.65. The highest BCUT2D eigenvalue weighted by molar-refractivity contribution is 5.36. The van der Waals surface area contributed by atoms with Gasteiger partial charge in [0.25, 0.3) is 0 Å². The van der Waals surface area contributed by atoms with Crippen molar-refractivity contribution in [1.82, 2.24) is 0 Å². The molecule has 1 aliphatic carbocycles. The third-order valence-corrected chi connectivity index (χ3v) is 3.77. The first-order chi connectivity index (χ1) is 6.98. The number of aryl methyl sites for hydroxylation is 2. The SMILES string of the molecule is Cc1cccc2c1CC(C(C)(C)N)CC2. The topological polar surface area (TPSA) is 26.0 Å². The van der Waals surface area contributed by atoms with Crippen molar-refractivity contribution in [1.29, 1.82) is 0 Å². The van der Waals surface area contributed by atoms with Gasteiger partial charge in [-0.3, -0.25) is 0 Å². The fraction of sp³-hybridized carbons (Fsp3) is 0.571. The molecule has 0 fully saturated rings. The molecule has 2 N–H and O–H groups in total. The molecule has 1 atom stereocenters. The van der Waals surface area contributed by atoms with Gasteiger partial charge in [-0.1, -0.05) is 18.2 Å². The van der Waals surface area contributed by atoms with E-state index in [9.17, 15) is 0 Å². The first kappa shape index (κ1) is 10.7. The van der Waals surface area contributed by atoms with E-state index in [1.165, 1.54) is 24.0 Å². The van der Waals surface area contributed by atoms with Crippen LogP contribution >= 0.6 is 0 Å². The lowest BCUT2D eigenvalue weighted by atomic mass is 9.74. The molecule has 82 valence electrons. The maximum atomic E-state index is 6.22. The molecule has 1 aromatic rings. The van der Waals surface area contributed by atoms with Gasteiger partial charge in [-0.25, -0.2) is 0 Å². The van der Waals surface area contributed by atoms with Gasteiger partial charge in [0.05, 0.1) is 0 Å². The normalized spacial score (nSPS) is 21.2. The van der Waals surface area contributed by atoms with E-state index >= 15 is 0 Å². The van der Waals surface area contributed by atoms with Crippen LogP contribution in [-0.4, -0.2) is 5.54 Å². The molecule has 1 unspecified atom stereocenters. The summed E-state index contributed by atoms with van der Waals surface area (Å²) in [6.07, 6.45) is 3.59. The number of fused-ring (bicyclic) bond motifs is 1. The standard InChI is InChI=1S/C14H21N/c1-10-5-4-6-11-7-8-12(9-13(10)11)14(2,3)15/h4-6,12H,7-9,15H2,1-3H3. The minimum Gasteiger partial charge on any atom is -0.325 e. The van der Waals surface area contributed by atoms with Crippen molar-refractivity contribution < 1.29 is 0 Å². The van der Waals surface area contributed by atoms with E-state index in [4.69, 9.17) is 5.73 Å². The van der Waals surface area contributed by atoms with E-state index in [1.54, 1.807) is 5.56 Å². The average molecular weight is 203 g/mol. The van der Waals surface area contributed by atoms with Crippen molar-refractivity contribution in [2.24, 2.45) is 11.7 Å². The Bertz CT molecular complexity index is 360. The minimum atomic E-state index is -0.0417. The van der Waals surface area contributed by atoms with Gasteiger partial charge >= 0.3 is 0 Å². The van der Waals surface area contributed by atoms with E-state index in [0.717, 1.165) is 6.42 Å². The van der Waals surface area contributed by atoms with Crippen LogP contribution < -0.4 is 5.73 Å². The van der Waals surface area contributed by atoms with Gasteiger partial charge < -0.3 is 5.73 Å². The molecule has 0 saturated heterocycles. The number of benzene rings is 1. The molecule has 0 aromatic heterocycles. The predicted molar refractivity (Wildman–Crippen MR) is 65.0 cm³/mol. The quantitative estimate of drug-likeness (QED) is 0.746. The van der Waals surface area contributed by atoms with Crippen LogP contribution in [0.5, 0.6) is 0 Å². The van der Waals surface area contributed by atoms with E-state index < -0.39 is 0 Å². The molecular formula is C14H21N. The van der Waals surface area contributed by atoms with Crippen LogP contribution in [0.1, 0.15) is 37.0 Å². The van der Waals surface area contributed by atoms with Gasteiger partial charge in [0.15, 0.2) is 0 Å². The lowest BCUT2D eigenvalue weighted by Gasteiger charge is -2.35. The first-order valence-corrected chi connectivity index (χ1v) is 5.84. The molecule has 1 aliphatic rings. The third-order valence-electron chi connectivity index (χ3n) is 3.77. The first-order valence-electron chi connectivity index (χ1n) is 5.84. The number of hydrogen-bond acceptors (Lipinski definition) is 1. The molecule has 1 aromatic carbocycles. The van der Waals surface area contributed by atoms with Crippen molar-refractivity contribution in [2.45, 2.75) is 45.6 Å². The van der Waals surface area contributed by atoms with Gasteiger partial charge in [-0.15, -0.1) is 0 Å². The van der Waals surface area contributed by atoms with E-state index in [-0.39, 0.29) is 5.54 Å². The molecule has 0 spiro atoms. The van der Waals surface area contributed by atoms with Crippen LogP contribution in [0.3, 0.4) is 0 Å². The molecule has 2 rings (SSSR count). The van der Waals surface area contributed by atoms with Crippen LogP contribution in [0.25, 0.3) is 0 Å². The Labute approximate surface area is 92.7 Å². The van der Waals surface area contributed by atoms with Crippen molar-refractivity contribution in [3.63, 3.8) is 0 Å². The zero-order valence-electron chi connectivity index (χ0n) is 10.0.